The Bertz CT molecular complexity index is 1200. The van der Waals surface area contributed by atoms with E-state index in [1.54, 1.807) is 31.7 Å². The summed E-state index contributed by atoms with van der Waals surface area (Å²) in [5.74, 6) is -0.704. The summed E-state index contributed by atoms with van der Waals surface area (Å²) in [5.41, 5.74) is 8.94. The van der Waals surface area contributed by atoms with Crippen LogP contribution in [-0.4, -0.2) is 50.2 Å². The molecule has 1 unspecified atom stereocenters. The van der Waals surface area contributed by atoms with E-state index in [9.17, 15) is 9.36 Å². The van der Waals surface area contributed by atoms with Gasteiger partial charge in [0.25, 0.3) is 0 Å². The molecule has 0 aliphatic heterocycles. The van der Waals surface area contributed by atoms with Crippen LogP contribution in [0.5, 0.6) is 0 Å². The van der Waals surface area contributed by atoms with Crippen LogP contribution in [-0.2, 0) is 36.5 Å². The van der Waals surface area contributed by atoms with Gasteiger partial charge in [-0.3, -0.25) is 9.36 Å². The molecule has 0 aliphatic carbocycles. The summed E-state index contributed by atoms with van der Waals surface area (Å²) >= 11 is 0. The van der Waals surface area contributed by atoms with Crippen LogP contribution in [0.4, 0.5) is 5.82 Å². The summed E-state index contributed by atoms with van der Waals surface area (Å²) in [4.78, 5) is 24.8. The van der Waals surface area contributed by atoms with Crippen LogP contribution in [0.2, 0.25) is 0 Å². The Labute approximate surface area is 205 Å². The third kappa shape index (κ3) is 7.34. The zero-order valence-electron chi connectivity index (χ0n) is 20.9. The third-order valence-corrected chi connectivity index (χ3v) is 7.71. The van der Waals surface area contributed by atoms with Crippen molar-refractivity contribution in [2.24, 2.45) is 5.92 Å². The number of aryl methyl sites for hydroxylation is 1. The Morgan fingerprint density at radius 2 is 1.89 bits per heavy atom. The maximum Gasteiger partial charge on any atom is 0.309 e. The van der Waals surface area contributed by atoms with Gasteiger partial charge in [0.05, 0.1) is 37.6 Å². The molecule has 1 aromatic carbocycles. The van der Waals surface area contributed by atoms with E-state index >= 15 is 0 Å². The molecule has 0 amide bonds. The van der Waals surface area contributed by atoms with Gasteiger partial charge in [0.1, 0.15) is 18.2 Å². The number of nitrogens with zero attached hydrogens (tertiary/aromatic N) is 4. The molecule has 0 aliphatic rings. The number of benzene rings is 1. The van der Waals surface area contributed by atoms with Crippen molar-refractivity contribution in [2.45, 2.75) is 60.0 Å². The molecule has 3 rings (SSSR count). The molecule has 0 bridgehead atoms. The van der Waals surface area contributed by atoms with E-state index in [0.717, 1.165) is 11.1 Å². The average Bonchev–Trinajstić information content (AvgIpc) is 3.21. The van der Waals surface area contributed by atoms with Crippen LogP contribution in [0.25, 0.3) is 11.2 Å². The number of imidazole rings is 1. The zero-order chi connectivity index (χ0) is 25.6. The highest BCUT2D eigenvalue weighted by atomic mass is 31.2. The van der Waals surface area contributed by atoms with Crippen LogP contribution in [0, 0.1) is 12.8 Å². The van der Waals surface area contributed by atoms with E-state index in [-0.39, 0.29) is 31.3 Å². The second-order valence-corrected chi connectivity index (χ2v) is 11.5. The van der Waals surface area contributed by atoms with Crippen molar-refractivity contribution < 1.29 is 23.4 Å². The molecule has 2 N–H and O–H groups in total. The molecule has 190 valence electrons. The van der Waals surface area contributed by atoms with Crippen LogP contribution < -0.4 is 5.73 Å². The van der Waals surface area contributed by atoms with Crippen LogP contribution in [0.3, 0.4) is 0 Å². The number of aromatic nitrogens is 4. The summed E-state index contributed by atoms with van der Waals surface area (Å²) in [5, 5.41) is 0. The largest absolute Gasteiger partial charge is 0.463 e. The Morgan fingerprint density at radius 3 is 2.60 bits per heavy atom. The van der Waals surface area contributed by atoms with Crippen LogP contribution in [0.15, 0.2) is 36.9 Å². The molecule has 0 saturated heterocycles. The van der Waals surface area contributed by atoms with Crippen LogP contribution in [0.1, 0.15) is 38.8 Å². The second kappa shape index (κ2) is 11.7. The number of fused-ring (bicyclic) bond motifs is 1. The number of carbonyl (C=O) groups excluding carboxylic acids is 1. The van der Waals surface area contributed by atoms with E-state index in [2.05, 4.69) is 15.0 Å². The van der Waals surface area contributed by atoms with Crippen molar-refractivity contribution in [1.82, 2.24) is 19.5 Å². The number of rotatable bonds is 12. The number of esters is 1. The van der Waals surface area contributed by atoms with Gasteiger partial charge in [-0.1, -0.05) is 31.2 Å². The van der Waals surface area contributed by atoms with E-state index in [4.69, 9.17) is 19.7 Å². The fourth-order valence-electron chi connectivity index (χ4n) is 3.55. The first-order valence-corrected chi connectivity index (χ1v) is 13.6. The molecule has 0 radical (unpaired) electrons. The smallest absolute Gasteiger partial charge is 0.309 e. The van der Waals surface area contributed by atoms with Crippen molar-refractivity contribution in [3.8, 4) is 0 Å². The quantitative estimate of drug-likeness (QED) is 0.286. The summed E-state index contributed by atoms with van der Waals surface area (Å²) in [7, 11) is -3.35. The molecule has 2 aromatic heterocycles. The number of hydrogen-bond acceptors (Lipinski definition) is 9. The molecular weight excluding hydrogens is 469 g/mol. The zero-order valence-corrected chi connectivity index (χ0v) is 21.8. The average molecular weight is 504 g/mol. The van der Waals surface area contributed by atoms with E-state index in [1.165, 1.54) is 6.33 Å². The maximum absolute atomic E-state index is 13.9. The van der Waals surface area contributed by atoms with Gasteiger partial charge >= 0.3 is 5.97 Å². The molecule has 3 aromatic rings. The second-order valence-electron chi connectivity index (χ2n) is 9.02. The van der Waals surface area contributed by atoms with Crippen molar-refractivity contribution >= 4 is 30.3 Å². The summed E-state index contributed by atoms with van der Waals surface area (Å²) in [6.45, 7) is 9.66. The molecule has 35 heavy (non-hydrogen) atoms. The minimum absolute atomic E-state index is 0.0227. The minimum Gasteiger partial charge on any atom is -0.463 e. The maximum atomic E-state index is 13.9. The van der Waals surface area contributed by atoms with Gasteiger partial charge in [-0.05, 0) is 38.8 Å². The van der Waals surface area contributed by atoms with E-state index in [1.807, 2.05) is 38.1 Å². The Kier molecular flexibility index (Phi) is 8.99. The Balaban J connectivity index is 1.69. The Morgan fingerprint density at radius 1 is 1.14 bits per heavy atom. The Hall–Kier alpha value is -2.81. The van der Waals surface area contributed by atoms with Crippen molar-refractivity contribution in [1.29, 1.82) is 0 Å². The summed E-state index contributed by atoms with van der Waals surface area (Å²) in [6.07, 6.45) is 2.30. The lowest BCUT2D eigenvalue weighted by molar-refractivity contribution is -0.151. The van der Waals surface area contributed by atoms with Gasteiger partial charge in [-0.2, -0.15) is 0 Å². The van der Waals surface area contributed by atoms with Crippen molar-refractivity contribution in [2.75, 3.05) is 18.2 Å². The normalized spacial score (nSPS) is 15.1. The number of anilines is 1. The highest BCUT2D eigenvalue weighted by molar-refractivity contribution is 7.58. The number of carbonyl (C=O) groups is 1. The van der Waals surface area contributed by atoms with Gasteiger partial charge in [0.2, 0.25) is 7.37 Å². The van der Waals surface area contributed by atoms with Gasteiger partial charge in [0, 0.05) is 6.16 Å². The first-order chi connectivity index (χ1) is 16.6. The van der Waals surface area contributed by atoms with Gasteiger partial charge < -0.3 is 24.3 Å². The molecule has 0 saturated carbocycles. The number of hydrogen-bond donors (Lipinski definition) is 1. The molecule has 2 heterocycles. The predicted octanol–water partition coefficient (Wildman–Crippen LogP) is 4.16. The number of nitrogens with two attached hydrogens (primary N) is 1. The molecule has 0 fully saturated rings. The predicted molar refractivity (Wildman–Crippen MR) is 134 cm³/mol. The first kappa shape index (κ1) is 26.8. The first-order valence-electron chi connectivity index (χ1n) is 11.6. The standard InChI is InChI=1S/C24H34N5O5P/c1-16(2)34-24(30)18(4)12-35(31,33-11-20-9-7-6-8-17(20)3)15-32-19(5)10-29-14-28-21-22(25)26-13-27-23(21)29/h6-9,13-14,16,18-19H,10-12,15H2,1-5H3,(H2,25,26,27)/t18-,19-,35?/m1/s1. The highest BCUT2D eigenvalue weighted by Crippen LogP contribution is 2.50. The van der Waals surface area contributed by atoms with Gasteiger partial charge in [-0.15, -0.1) is 0 Å². The topological polar surface area (TPSA) is 131 Å². The molecule has 3 atom stereocenters. The lowest BCUT2D eigenvalue weighted by Crippen LogP contribution is -2.24. The molecule has 10 nitrogen and oxygen atoms in total. The van der Waals surface area contributed by atoms with E-state index < -0.39 is 19.3 Å². The third-order valence-electron chi connectivity index (χ3n) is 5.46. The molecule has 11 heteroatoms. The minimum atomic E-state index is -3.35. The lowest BCUT2D eigenvalue weighted by atomic mass is 10.1. The monoisotopic (exact) mass is 503 g/mol. The van der Waals surface area contributed by atoms with Gasteiger partial charge in [0.15, 0.2) is 11.5 Å². The number of ether oxygens (including phenoxy) is 2. The number of nitrogen functional groups attached to an aromatic ring is 1. The highest BCUT2D eigenvalue weighted by Gasteiger charge is 2.32. The summed E-state index contributed by atoms with van der Waals surface area (Å²) < 4.78 is 32.9. The van der Waals surface area contributed by atoms with Gasteiger partial charge in [-0.25, -0.2) is 15.0 Å². The SMILES string of the molecule is Cc1ccccc1COP(=O)(CO[C@H](C)Cn1cnc2c(N)ncnc21)C[C@@H](C)C(=O)OC(C)C. The van der Waals surface area contributed by atoms with Crippen LogP contribution >= 0.6 is 7.37 Å². The summed E-state index contributed by atoms with van der Waals surface area (Å²) in [6, 6.07) is 7.74. The molecule has 0 spiro atoms. The van der Waals surface area contributed by atoms with Crippen molar-refractivity contribution in [3.63, 3.8) is 0 Å². The fourth-order valence-corrected chi connectivity index (χ4v) is 5.67. The van der Waals surface area contributed by atoms with E-state index in [0.29, 0.717) is 23.5 Å². The molecular formula is C24H34N5O5P. The lowest BCUT2D eigenvalue weighted by Gasteiger charge is -2.24. The fraction of sp³-hybridized carbons (Fsp3) is 0.500. The van der Waals surface area contributed by atoms with Crippen molar-refractivity contribution in [3.05, 3.63) is 48.0 Å².